The molecule has 0 radical (unpaired) electrons. The molecule has 0 heterocycles. The Morgan fingerprint density at radius 3 is 2.10 bits per heavy atom. The van der Waals surface area contributed by atoms with E-state index in [-0.39, 0.29) is 23.0 Å². The number of benzene rings is 3. The Hall–Kier alpha value is -3.27. The number of ether oxygens (including phenoxy) is 1. The summed E-state index contributed by atoms with van der Waals surface area (Å²) in [7, 11) is -2.74. The van der Waals surface area contributed by atoms with Crippen LogP contribution in [0.4, 0.5) is 5.69 Å². The first-order valence-electron chi connectivity index (χ1n) is 12.5. The normalized spacial score (nSPS) is 12.4. The van der Waals surface area contributed by atoms with E-state index < -0.39 is 34.1 Å². The van der Waals surface area contributed by atoms with Crippen LogP contribution < -0.4 is 14.4 Å². The summed E-state index contributed by atoms with van der Waals surface area (Å²) in [5, 5.41) is 3.72. The number of halogens is 2. The zero-order valence-corrected chi connectivity index (χ0v) is 25.3. The van der Waals surface area contributed by atoms with Gasteiger partial charge < -0.3 is 15.0 Å². The summed E-state index contributed by atoms with van der Waals surface area (Å²) in [6.07, 6.45) is 0. The van der Waals surface area contributed by atoms with Crippen LogP contribution in [0.15, 0.2) is 77.7 Å². The molecule has 0 bridgehead atoms. The first kappa shape index (κ1) is 31.3. The summed E-state index contributed by atoms with van der Waals surface area (Å²) in [4.78, 5) is 28.4. The Bertz CT molecular complexity index is 1440. The summed E-state index contributed by atoms with van der Waals surface area (Å²) < 4.78 is 33.9. The van der Waals surface area contributed by atoms with Gasteiger partial charge >= 0.3 is 0 Å². The topological polar surface area (TPSA) is 96.0 Å². The standard InChI is InChI=1S/C29H33Cl2N3O5S/c1-20(28(36)32-29(2,3)4)33(18-21-8-6-7-9-26(21)31)27(35)19-34(23-12-10-22(30)11-13-23)40(37,38)25-16-14-24(39-5)15-17-25/h6-17,20H,18-19H2,1-5H3,(H,32,36)/t20-/m1/s1. The molecule has 0 aliphatic rings. The summed E-state index contributed by atoms with van der Waals surface area (Å²) in [6, 6.07) is 18.0. The quantitative estimate of drug-likeness (QED) is 0.328. The monoisotopic (exact) mass is 605 g/mol. The predicted octanol–water partition coefficient (Wildman–Crippen LogP) is 5.53. The highest BCUT2D eigenvalue weighted by Crippen LogP contribution is 2.27. The lowest BCUT2D eigenvalue weighted by molar-refractivity contribution is -0.140. The van der Waals surface area contributed by atoms with Gasteiger partial charge in [0, 0.05) is 22.1 Å². The van der Waals surface area contributed by atoms with Crippen molar-refractivity contribution in [1.29, 1.82) is 0 Å². The number of hydrogen-bond donors (Lipinski definition) is 1. The number of nitrogens with zero attached hydrogens (tertiary/aromatic N) is 2. The third kappa shape index (κ3) is 7.90. The minimum atomic E-state index is -4.22. The molecule has 0 aliphatic heterocycles. The van der Waals surface area contributed by atoms with Crippen molar-refractivity contribution in [2.75, 3.05) is 18.0 Å². The molecule has 0 fully saturated rings. The Kier molecular flexibility index (Phi) is 10.1. The van der Waals surface area contributed by atoms with Crippen molar-refractivity contribution in [2.24, 2.45) is 0 Å². The molecule has 1 N–H and O–H groups in total. The van der Waals surface area contributed by atoms with Crippen molar-refractivity contribution in [3.05, 3.63) is 88.4 Å². The lowest BCUT2D eigenvalue weighted by atomic mass is 10.1. The van der Waals surface area contributed by atoms with Gasteiger partial charge in [-0.25, -0.2) is 8.42 Å². The molecule has 3 aromatic carbocycles. The van der Waals surface area contributed by atoms with Crippen molar-refractivity contribution >= 4 is 50.7 Å². The van der Waals surface area contributed by atoms with E-state index in [9.17, 15) is 18.0 Å². The number of methoxy groups -OCH3 is 1. The largest absolute Gasteiger partial charge is 0.497 e. The van der Waals surface area contributed by atoms with Gasteiger partial charge in [0.15, 0.2) is 0 Å². The molecule has 40 heavy (non-hydrogen) atoms. The second-order valence-electron chi connectivity index (χ2n) is 10.2. The minimum Gasteiger partial charge on any atom is -0.497 e. The third-order valence-corrected chi connectivity index (χ3v) is 8.41. The molecule has 0 aromatic heterocycles. The lowest BCUT2D eigenvalue weighted by Crippen LogP contribution is -2.54. The van der Waals surface area contributed by atoms with E-state index in [1.165, 1.54) is 48.4 Å². The predicted molar refractivity (Wildman–Crippen MR) is 158 cm³/mol. The van der Waals surface area contributed by atoms with Crippen LogP contribution in [0.2, 0.25) is 10.0 Å². The van der Waals surface area contributed by atoms with Gasteiger partial charge in [-0.1, -0.05) is 41.4 Å². The van der Waals surface area contributed by atoms with Crippen LogP contribution in [-0.4, -0.2) is 50.4 Å². The SMILES string of the molecule is COc1ccc(S(=O)(=O)N(CC(=O)N(Cc2ccccc2Cl)[C@H](C)C(=O)NC(C)(C)C)c2ccc(Cl)cc2)cc1. The van der Waals surface area contributed by atoms with Crippen molar-refractivity contribution in [3.63, 3.8) is 0 Å². The lowest BCUT2D eigenvalue weighted by Gasteiger charge is -2.33. The van der Waals surface area contributed by atoms with Gasteiger partial charge in [-0.3, -0.25) is 13.9 Å². The minimum absolute atomic E-state index is 0.00568. The highest BCUT2D eigenvalue weighted by molar-refractivity contribution is 7.92. The zero-order chi connectivity index (χ0) is 29.7. The molecule has 1 atom stereocenters. The molecule has 0 saturated carbocycles. The molecule has 3 aromatic rings. The molecular weight excluding hydrogens is 573 g/mol. The van der Waals surface area contributed by atoms with E-state index in [4.69, 9.17) is 27.9 Å². The molecule has 214 valence electrons. The van der Waals surface area contributed by atoms with Gasteiger partial charge in [0.25, 0.3) is 10.0 Å². The fourth-order valence-corrected chi connectivity index (χ4v) is 5.61. The maximum atomic E-state index is 14.0. The van der Waals surface area contributed by atoms with Crippen LogP contribution >= 0.6 is 23.2 Å². The number of amides is 2. The summed E-state index contributed by atoms with van der Waals surface area (Å²) in [6.45, 7) is 6.52. The fraction of sp³-hybridized carbons (Fsp3) is 0.310. The van der Waals surface area contributed by atoms with Crippen LogP contribution in [0.25, 0.3) is 0 Å². The highest BCUT2D eigenvalue weighted by atomic mass is 35.5. The average molecular weight is 607 g/mol. The maximum absolute atomic E-state index is 14.0. The summed E-state index contributed by atoms with van der Waals surface area (Å²) in [5.74, 6) is -0.495. The molecule has 0 saturated heterocycles. The van der Waals surface area contributed by atoms with E-state index in [1.807, 2.05) is 20.8 Å². The summed E-state index contributed by atoms with van der Waals surface area (Å²) >= 11 is 12.4. The molecule has 2 amide bonds. The molecule has 0 spiro atoms. The van der Waals surface area contributed by atoms with E-state index in [0.29, 0.717) is 21.4 Å². The second-order valence-corrected chi connectivity index (χ2v) is 12.9. The molecule has 0 aliphatic carbocycles. The Labute approximate surface area is 245 Å². The molecule has 8 nitrogen and oxygen atoms in total. The first-order chi connectivity index (χ1) is 18.7. The van der Waals surface area contributed by atoms with Gasteiger partial charge in [-0.15, -0.1) is 0 Å². The van der Waals surface area contributed by atoms with E-state index >= 15 is 0 Å². The number of sulfonamides is 1. The molecule has 11 heteroatoms. The van der Waals surface area contributed by atoms with Gasteiger partial charge in [0.1, 0.15) is 18.3 Å². The Balaban J connectivity index is 2.04. The number of carbonyl (C=O) groups is 2. The molecular formula is C29H33Cl2N3O5S. The Morgan fingerprint density at radius 2 is 1.55 bits per heavy atom. The van der Waals surface area contributed by atoms with Gasteiger partial charge in [0.2, 0.25) is 11.8 Å². The summed E-state index contributed by atoms with van der Waals surface area (Å²) in [5.41, 5.74) is 0.305. The van der Waals surface area contributed by atoms with Crippen LogP contribution in [0.5, 0.6) is 5.75 Å². The number of carbonyl (C=O) groups excluding carboxylic acids is 2. The van der Waals surface area contributed by atoms with Gasteiger partial charge in [-0.05, 0) is 87.9 Å². The van der Waals surface area contributed by atoms with Crippen molar-refractivity contribution in [2.45, 2.75) is 50.7 Å². The van der Waals surface area contributed by atoms with Crippen molar-refractivity contribution in [1.82, 2.24) is 10.2 Å². The van der Waals surface area contributed by atoms with Crippen LogP contribution in [0, 0.1) is 0 Å². The highest BCUT2D eigenvalue weighted by Gasteiger charge is 2.33. The zero-order valence-electron chi connectivity index (χ0n) is 23.0. The van der Waals surface area contributed by atoms with Crippen molar-refractivity contribution in [3.8, 4) is 5.75 Å². The van der Waals surface area contributed by atoms with E-state index in [1.54, 1.807) is 43.3 Å². The smallest absolute Gasteiger partial charge is 0.264 e. The third-order valence-electron chi connectivity index (χ3n) is 6.00. The maximum Gasteiger partial charge on any atom is 0.264 e. The molecule has 0 unspecified atom stereocenters. The molecule has 3 rings (SSSR count). The number of rotatable bonds is 10. The van der Waals surface area contributed by atoms with Crippen LogP contribution in [0.3, 0.4) is 0 Å². The van der Waals surface area contributed by atoms with Crippen LogP contribution in [-0.2, 0) is 26.2 Å². The Morgan fingerprint density at radius 1 is 0.950 bits per heavy atom. The van der Waals surface area contributed by atoms with Crippen molar-refractivity contribution < 1.29 is 22.7 Å². The van der Waals surface area contributed by atoms with Crippen LogP contribution in [0.1, 0.15) is 33.3 Å². The number of hydrogen-bond acceptors (Lipinski definition) is 5. The first-order valence-corrected chi connectivity index (χ1v) is 14.7. The van der Waals surface area contributed by atoms with Gasteiger partial charge in [-0.2, -0.15) is 0 Å². The van der Waals surface area contributed by atoms with E-state index in [0.717, 1.165) is 4.31 Å². The average Bonchev–Trinajstić information content (AvgIpc) is 2.90. The number of anilines is 1. The second kappa shape index (κ2) is 12.9. The number of nitrogens with one attached hydrogen (secondary N) is 1. The van der Waals surface area contributed by atoms with E-state index in [2.05, 4.69) is 5.32 Å². The van der Waals surface area contributed by atoms with Gasteiger partial charge in [0.05, 0.1) is 17.7 Å². The fourth-order valence-electron chi connectivity index (χ4n) is 3.88.